The number of aromatic nitrogens is 1. The summed E-state index contributed by atoms with van der Waals surface area (Å²) in [6.07, 6.45) is 4.28. The number of rotatable bonds is 7. The first-order valence-electron chi connectivity index (χ1n) is 7.28. The van der Waals surface area contributed by atoms with Crippen molar-refractivity contribution >= 4 is 0 Å². The molecule has 0 fully saturated rings. The van der Waals surface area contributed by atoms with E-state index in [1.54, 1.807) is 14.2 Å². The van der Waals surface area contributed by atoms with E-state index in [1.807, 2.05) is 18.2 Å². The molecular formula is C17H24N2O2. The molecule has 1 N–H and O–H groups in total. The summed E-state index contributed by atoms with van der Waals surface area (Å²) in [6.45, 7) is 6.12. The van der Waals surface area contributed by atoms with Gasteiger partial charge in [0.05, 0.1) is 14.2 Å². The van der Waals surface area contributed by atoms with Crippen LogP contribution in [0.5, 0.6) is 11.5 Å². The third-order valence-corrected chi connectivity index (χ3v) is 3.70. The summed E-state index contributed by atoms with van der Waals surface area (Å²) in [5.74, 6) is 1.66. The van der Waals surface area contributed by atoms with Gasteiger partial charge in [-0.2, -0.15) is 0 Å². The molecule has 114 valence electrons. The fourth-order valence-electron chi connectivity index (χ4n) is 2.35. The lowest BCUT2D eigenvalue weighted by molar-refractivity contribution is 0.386. The minimum absolute atomic E-state index is 0.204. The molecule has 1 aromatic carbocycles. The lowest BCUT2D eigenvalue weighted by Gasteiger charge is -2.17. The molecular weight excluding hydrogens is 264 g/mol. The van der Waals surface area contributed by atoms with E-state index >= 15 is 0 Å². The molecule has 0 aliphatic carbocycles. The quantitative estimate of drug-likeness (QED) is 0.848. The summed E-state index contributed by atoms with van der Waals surface area (Å²) in [4.78, 5) is 0. The zero-order valence-electron chi connectivity index (χ0n) is 13.2. The predicted octanol–water partition coefficient (Wildman–Crippen LogP) is 3.38. The Hall–Kier alpha value is -1.94. The summed E-state index contributed by atoms with van der Waals surface area (Å²) in [5, 5.41) is 3.53. The van der Waals surface area contributed by atoms with Crippen molar-refractivity contribution in [3.05, 3.63) is 47.8 Å². The highest BCUT2D eigenvalue weighted by Gasteiger charge is 2.12. The molecule has 0 saturated carbocycles. The van der Waals surface area contributed by atoms with E-state index in [4.69, 9.17) is 9.47 Å². The Morgan fingerprint density at radius 3 is 2.62 bits per heavy atom. The first-order chi connectivity index (χ1) is 10.2. The van der Waals surface area contributed by atoms with Gasteiger partial charge in [0.25, 0.3) is 0 Å². The Kier molecular flexibility index (Phi) is 5.28. The largest absolute Gasteiger partial charge is 0.497 e. The second-order valence-corrected chi connectivity index (χ2v) is 5.06. The SMILES string of the molecule is CCn1ccc(CNC(C)c2ccc(OC)cc2OC)c1. The topological polar surface area (TPSA) is 35.4 Å². The third-order valence-electron chi connectivity index (χ3n) is 3.70. The number of benzene rings is 1. The number of hydrogen-bond acceptors (Lipinski definition) is 3. The van der Waals surface area contributed by atoms with Crippen LogP contribution in [0.25, 0.3) is 0 Å². The van der Waals surface area contributed by atoms with Crippen molar-refractivity contribution in [3.63, 3.8) is 0 Å². The number of nitrogens with zero attached hydrogens (tertiary/aromatic N) is 1. The highest BCUT2D eigenvalue weighted by molar-refractivity contribution is 5.42. The van der Waals surface area contributed by atoms with Gasteiger partial charge in [-0.15, -0.1) is 0 Å². The Morgan fingerprint density at radius 2 is 2.00 bits per heavy atom. The van der Waals surface area contributed by atoms with Gasteiger partial charge in [0.2, 0.25) is 0 Å². The van der Waals surface area contributed by atoms with Crippen molar-refractivity contribution in [2.75, 3.05) is 14.2 Å². The molecule has 2 aromatic rings. The maximum atomic E-state index is 5.46. The molecule has 1 atom stereocenters. The van der Waals surface area contributed by atoms with Crippen molar-refractivity contribution in [2.45, 2.75) is 33.0 Å². The van der Waals surface area contributed by atoms with Crippen molar-refractivity contribution in [2.24, 2.45) is 0 Å². The molecule has 1 aromatic heterocycles. The van der Waals surface area contributed by atoms with E-state index in [0.717, 1.165) is 30.2 Å². The second kappa shape index (κ2) is 7.18. The molecule has 21 heavy (non-hydrogen) atoms. The predicted molar refractivity (Wildman–Crippen MR) is 84.9 cm³/mol. The molecule has 4 nitrogen and oxygen atoms in total. The van der Waals surface area contributed by atoms with Crippen LogP contribution in [0.2, 0.25) is 0 Å². The Balaban J connectivity index is 2.04. The Morgan fingerprint density at radius 1 is 1.19 bits per heavy atom. The van der Waals surface area contributed by atoms with E-state index in [2.05, 4.69) is 42.2 Å². The van der Waals surface area contributed by atoms with E-state index in [1.165, 1.54) is 5.56 Å². The monoisotopic (exact) mass is 288 g/mol. The molecule has 0 bridgehead atoms. The van der Waals surface area contributed by atoms with Crippen LogP contribution in [0.3, 0.4) is 0 Å². The molecule has 2 rings (SSSR count). The van der Waals surface area contributed by atoms with Crippen LogP contribution in [0.15, 0.2) is 36.7 Å². The van der Waals surface area contributed by atoms with Crippen LogP contribution in [-0.2, 0) is 13.1 Å². The van der Waals surface area contributed by atoms with Gasteiger partial charge >= 0.3 is 0 Å². The zero-order chi connectivity index (χ0) is 15.2. The van der Waals surface area contributed by atoms with Crippen molar-refractivity contribution < 1.29 is 9.47 Å². The first kappa shape index (κ1) is 15.4. The van der Waals surface area contributed by atoms with Crippen LogP contribution >= 0.6 is 0 Å². The smallest absolute Gasteiger partial charge is 0.127 e. The minimum Gasteiger partial charge on any atom is -0.497 e. The summed E-state index contributed by atoms with van der Waals surface area (Å²) < 4.78 is 12.9. The van der Waals surface area contributed by atoms with Crippen LogP contribution in [0, 0.1) is 0 Å². The standard InChI is InChI=1S/C17H24N2O2/c1-5-19-9-8-14(12-19)11-18-13(2)16-7-6-15(20-3)10-17(16)21-4/h6-10,12-13,18H,5,11H2,1-4H3. The zero-order valence-corrected chi connectivity index (χ0v) is 13.2. The fraction of sp³-hybridized carbons (Fsp3) is 0.412. The number of ether oxygens (including phenoxy) is 2. The van der Waals surface area contributed by atoms with Gasteiger partial charge in [0, 0.05) is 43.2 Å². The average Bonchev–Trinajstić information content (AvgIpc) is 3.00. The molecule has 0 radical (unpaired) electrons. The number of nitrogens with one attached hydrogen (secondary N) is 1. The molecule has 0 aliphatic rings. The molecule has 1 unspecified atom stereocenters. The van der Waals surface area contributed by atoms with Crippen molar-refractivity contribution in [1.29, 1.82) is 0 Å². The third kappa shape index (κ3) is 3.79. The maximum absolute atomic E-state index is 5.46. The second-order valence-electron chi connectivity index (χ2n) is 5.06. The summed E-state index contributed by atoms with van der Waals surface area (Å²) in [6, 6.07) is 8.28. The minimum atomic E-state index is 0.204. The van der Waals surface area contributed by atoms with Gasteiger partial charge < -0.3 is 19.4 Å². The van der Waals surface area contributed by atoms with Crippen LogP contribution < -0.4 is 14.8 Å². The first-order valence-corrected chi connectivity index (χ1v) is 7.28. The van der Waals surface area contributed by atoms with Crippen LogP contribution in [0.1, 0.15) is 31.0 Å². The van der Waals surface area contributed by atoms with Crippen LogP contribution in [0.4, 0.5) is 0 Å². The molecule has 0 amide bonds. The van der Waals surface area contributed by atoms with E-state index in [9.17, 15) is 0 Å². The number of aryl methyl sites for hydroxylation is 1. The lowest BCUT2D eigenvalue weighted by atomic mass is 10.1. The number of hydrogen-bond donors (Lipinski definition) is 1. The van der Waals surface area contributed by atoms with Gasteiger partial charge in [0.1, 0.15) is 11.5 Å². The molecule has 1 heterocycles. The van der Waals surface area contributed by atoms with E-state index in [0.29, 0.717) is 0 Å². The van der Waals surface area contributed by atoms with Crippen LogP contribution in [-0.4, -0.2) is 18.8 Å². The molecule has 0 saturated heterocycles. The van der Waals surface area contributed by atoms with Crippen molar-refractivity contribution in [3.8, 4) is 11.5 Å². The highest BCUT2D eigenvalue weighted by Crippen LogP contribution is 2.29. The van der Waals surface area contributed by atoms with Gasteiger partial charge in [-0.25, -0.2) is 0 Å². The Bertz CT molecular complexity index is 578. The Labute approximate surface area is 126 Å². The van der Waals surface area contributed by atoms with Gasteiger partial charge in [-0.05, 0) is 31.5 Å². The molecule has 0 aliphatic heterocycles. The summed E-state index contributed by atoms with van der Waals surface area (Å²) in [5.41, 5.74) is 2.42. The average molecular weight is 288 g/mol. The fourth-order valence-corrected chi connectivity index (χ4v) is 2.35. The van der Waals surface area contributed by atoms with Crippen molar-refractivity contribution in [1.82, 2.24) is 9.88 Å². The normalized spacial score (nSPS) is 12.2. The number of methoxy groups -OCH3 is 2. The van der Waals surface area contributed by atoms with Gasteiger partial charge in [-0.1, -0.05) is 6.07 Å². The molecule has 4 heteroatoms. The summed E-state index contributed by atoms with van der Waals surface area (Å²) >= 11 is 0. The lowest BCUT2D eigenvalue weighted by Crippen LogP contribution is -2.18. The maximum Gasteiger partial charge on any atom is 0.127 e. The molecule has 0 spiro atoms. The van der Waals surface area contributed by atoms with E-state index < -0.39 is 0 Å². The van der Waals surface area contributed by atoms with E-state index in [-0.39, 0.29) is 6.04 Å². The van der Waals surface area contributed by atoms with Gasteiger partial charge in [0.15, 0.2) is 0 Å². The summed E-state index contributed by atoms with van der Waals surface area (Å²) in [7, 11) is 3.35. The highest BCUT2D eigenvalue weighted by atomic mass is 16.5. The van der Waals surface area contributed by atoms with Gasteiger partial charge in [-0.3, -0.25) is 0 Å².